The number of nitriles is 1. The van der Waals surface area contributed by atoms with Crippen molar-refractivity contribution in [1.29, 1.82) is 5.26 Å². The summed E-state index contributed by atoms with van der Waals surface area (Å²) in [7, 11) is -3.39. The first-order valence-corrected chi connectivity index (χ1v) is 10.6. The summed E-state index contributed by atoms with van der Waals surface area (Å²) in [6.45, 7) is 1.74. The number of nitrogens with one attached hydrogen (secondary N) is 1. The number of hydrogen-bond acceptors (Lipinski definition) is 7. The van der Waals surface area contributed by atoms with Crippen molar-refractivity contribution in [3.63, 3.8) is 0 Å². The standard InChI is InChI=1S/C20H18N4O3S/c1-13-22-18(16-7-5-11-27-16)14(12-21)19(23-13)24-20(9-10-20)15-6-3-4-8-17(15)28(2,25)26/h3-8,11H,9-10H2,1-2H3,(H,22,23,24). The Bertz CT molecular complexity index is 1190. The molecule has 0 radical (unpaired) electrons. The fourth-order valence-electron chi connectivity index (χ4n) is 3.36. The van der Waals surface area contributed by atoms with Crippen LogP contribution in [0.25, 0.3) is 11.5 Å². The summed E-state index contributed by atoms with van der Waals surface area (Å²) in [5, 5.41) is 13.1. The van der Waals surface area contributed by atoms with Gasteiger partial charge in [0, 0.05) is 6.26 Å². The van der Waals surface area contributed by atoms with Gasteiger partial charge in [-0.15, -0.1) is 0 Å². The van der Waals surface area contributed by atoms with Crippen LogP contribution in [0, 0.1) is 18.3 Å². The highest BCUT2D eigenvalue weighted by molar-refractivity contribution is 7.90. The van der Waals surface area contributed by atoms with Crippen molar-refractivity contribution < 1.29 is 12.8 Å². The van der Waals surface area contributed by atoms with Gasteiger partial charge < -0.3 is 9.73 Å². The van der Waals surface area contributed by atoms with E-state index in [9.17, 15) is 13.7 Å². The highest BCUT2D eigenvalue weighted by Crippen LogP contribution is 2.50. The molecule has 2 heterocycles. The Labute approximate surface area is 163 Å². The molecule has 0 aliphatic heterocycles. The molecule has 0 amide bonds. The zero-order valence-electron chi connectivity index (χ0n) is 15.4. The summed E-state index contributed by atoms with van der Waals surface area (Å²) in [5.41, 5.74) is 0.794. The van der Waals surface area contributed by atoms with E-state index in [0.717, 1.165) is 12.8 Å². The maximum absolute atomic E-state index is 12.2. The molecule has 28 heavy (non-hydrogen) atoms. The Morgan fingerprint density at radius 1 is 1.18 bits per heavy atom. The second-order valence-electron chi connectivity index (χ2n) is 6.91. The van der Waals surface area contributed by atoms with Gasteiger partial charge in [-0.3, -0.25) is 0 Å². The van der Waals surface area contributed by atoms with E-state index in [1.165, 1.54) is 12.5 Å². The van der Waals surface area contributed by atoms with Crippen LogP contribution in [0.15, 0.2) is 52.0 Å². The van der Waals surface area contributed by atoms with Gasteiger partial charge in [-0.1, -0.05) is 18.2 Å². The zero-order valence-corrected chi connectivity index (χ0v) is 16.2. The maximum atomic E-state index is 12.2. The Morgan fingerprint density at radius 2 is 1.93 bits per heavy atom. The van der Waals surface area contributed by atoms with Crippen LogP contribution in [0.5, 0.6) is 0 Å². The fourth-order valence-corrected chi connectivity index (χ4v) is 4.35. The third kappa shape index (κ3) is 3.14. The Morgan fingerprint density at radius 3 is 2.54 bits per heavy atom. The zero-order chi connectivity index (χ0) is 19.9. The summed E-state index contributed by atoms with van der Waals surface area (Å²) in [6, 6.07) is 12.6. The molecule has 1 aliphatic rings. The lowest BCUT2D eigenvalue weighted by Crippen LogP contribution is -2.23. The highest BCUT2D eigenvalue weighted by atomic mass is 32.2. The van der Waals surface area contributed by atoms with Crippen molar-refractivity contribution in [2.45, 2.75) is 30.2 Å². The molecule has 8 heteroatoms. The molecule has 0 spiro atoms. The monoisotopic (exact) mass is 394 g/mol. The van der Waals surface area contributed by atoms with Crippen LogP contribution < -0.4 is 5.32 Å². The molecule has 3 aromatic rings. The summed E-state index contributed by atoms with van der Waals surface area (Å²) in [4.78, 5) is 9.07. The smallest absolute Gasteiger partial charge is 0.175 e. The van der Waals surface area contributed by atoms with Crippen molar-refractivity contribution in [1.82, 2.24) is 9.97 Å². The van der Waals surface area contributed by atoms with E-state index in [-0.39, 0.29) is 10.5 Å². The van der Waals surface area contributed by atoms with Gasteiger partial charge in [0.2, 0.25) is 0 Å². The summed E-state index contributed by atoms with van der Waals surface area (Å²) in [6.07, 6.45) is 4.20. The molecule has 0 atom stereocenters. The number of benzene rings is 1. The fraction of sp³-hybridized carbons (Fsp3) is 0.250. The van der Waals surface area contributed by atoms with Crippen LogP contribution in [0.4, 0.5) is 5.82 Å². The molecule has 1 aromatic carbocycles. The number of rotatable bonds is 5. The van der Waals surface area contributed by atoms with Crippen molar-refractivity contribution in [2.75, 3.05) is 11.6 Å². The van der Waals surface area contributed by atoms with E-state index in [4.69, 9.17) is 4.42 Å². The second kappa shape index (κ2) is 6.46. The first-order valence-electron chi connectivity index (χ1n) is 8.74. The quantitative estimate of drug-likeness (QED) is 0.706. The third-order valence-corrected chi connectivity index (χ3v) is 5.95. The molecular weight excluding hydrogens is 376 g/mol. The number of aromatic nitrogens is 2. The Hall–Kier alpha value is -3.18. The molecule has 0 saturated heterocycles. The predicted molar refractivity (Wildman–Crippen MR) is 103 cm³/mol. The van der Waals surface area contributed by atoms with Gasteiger partial charge in [-0.25, -0.2) is 18.4 Å². The average molecular weight is 394 g/mol. The van der Waals surface area contributed by atoms with E-state index in [2.05, 4.69) is 21.4 Å². The van der Waals surface area contributed by atoms with Crippen LogP contribution in [0.3, 0.4) is 0 Å². The number of aryl methyl sites for hydroxylation is 1. The first-order chi connectivity index (χ1) is 13.3. The van der Waals surface area contributed by atoms with Gasteiger partial charge >= 0.3 is 0 Å². The highest BCUT2D eigenvalue weighted by Gasteiger charge is 2.47. The van der Waals surface area contributed by atoms with Crippen LogP contribution in [0.1, 0.15) is 29.8 Å². The molecular formula is C20H18N4O3S. The minimum Gasteiger partial charge on any atom is -0.463 e. The SMILES string of the molecule is Cc1nc(NC2(c3ccccc3S(C)(=O)=O)CC2)c(C#N)c(-c2ccco2)n1. The number of anilines is 1. The summed E-state index contributed by atoms with van der Waals surface area (Å²) >= 11 is 0. The van der Waals surface area contributed by atoms with E-state index < -0.39 is 15.4 Å². The van der Waals surface area contributed by atoms with Crippen LogP contribution >= 0.6 is 0 Å². The van der Waals surface area contributed by atoms with Crippen LogP contribution in [-0.4, -0.2) is 24.6 Å². The average Bonchev–Trinajstić information content (AvgIpc) is 3.22. The topological polar surface area (TPSA) is 109 Å². The molecule has 4 rings (SSSR count). The van der Waals surface area contributed by atoms with E-state index >= 15 is 0 Å². The molecule has 1 aliphatic carbocycles. The first kappa shape index (κ1) is 18.2. The van der Waals surface area contributed by atoms with Gasteiger partial charge in [-0.05, 0) is 43.5 Å². The van der Waals surface area contributed by atoms with Crippen LogP contribution in [-0.2, 0) is 15.4 Å². The van der Waals surface area contributed by atoms with E-state index in [0.29, 0.717) is 28.7 Å². The van der Waals surface area contributed by atoms with E-state index in [1.54, 1.807) is 31.2 Å². The largest absolute Gasteiger partial charge is 0.463 e. The number of hydrogen-bond donors (Lipinski definition) is 1. The molecule has 0 unspecified atom stereocenters. The van der Waals surface area contributed by atoms with Crippen LogP contribution in [0.2, 0.25) is 0 Å². The molecule has 142 valence electrons. The van der Waals surface area contributed by atoms with Gasteiger partial charge in [0.25, 0.3) is 0 Å². The number of sulfone groups is 1. The molecule has 1 saturated carbocycles. The lowest BCUT2D eigenvalue weighted by atomic mass is 10.0. The normalized spacial score (nSPS) is 15.0. The molecule has 1 N–H and O–H groups in total. The van der Waals surface area contributed by atoms with Gasteiger partial charge in [0.05, 0.1) is 16.7 Å². The minimum atomic E-state index is -3.39. The Kier molecular flexibility index (Phi) is 4.20. The second-order valence-corrected chi connectivity index (χ2v) is 8.89. The van der Waals surface area contributed by atoms with Gasteiger partial charge in [-0.2, -0.15) is 5.26 Å². The maximum Gasteiger partial charge on any atom is 0.175 e. The summed E-state index contributed by atoms with van der Waals surface area (Å²) < 4.78 is 29.9. The minimum absolute atomic E-state index is 0.267. The van der Waals surface area contributed by atoms with Crippen molar-refractivity contribution >= 4 is 15.7 Å². The molecule has 2 aromatic heterocycles. The number of nitrogens with zero attached hydrogens (tertiary/aromatic N) is 3. The Balaban J connectivity index is 1.82. The molecule has 7 nitrogen and oxygen atoms in total. The molecule has 1 fully saturated rings. The number of furan rings is 1. The lowest BCUT2D eigenvalue weighted by molar-refractivity contribution is 0.579. The lowest BCUT2D eigenvalue weighted by Gasteiger charge is -2.22. The third-order valence-electron chi connectivity index (χ3n) is 4.80. The van der Waals surface area contributed by atoms with E-state index in [1.807, 2.05) is 12.1 Å². The van der Waals surface area contributed by atoms with Crippen molar-refractivity contribution in [2.24, 2.45) is 0 Å². The van der Waals surface area contributed by atoms with Gasteiger partial charge in [0.1, 0.15) is 29.0 Å². The summed E-state index contributed by atoms with van der Waals surface area (Å²) in [5.74, 6) is 1.34. The predicted octanol–water partition coefficient (Wildman–Crippen LogP) is 3.42. The molecule has 0 bridgehead atoms. The van der Waals surface area contributed by atoms with Crippen molar-refractivity contribution in [3.05, 3.63) is 59.6 Å². The van der Waals surface area contributed by atoms with Gasteiger partial charge in [0.15, 0.2) is 15.6 Å². The van der Waals surface area contributed by atoms with Crippen molar-refractivity contribution in [3.8, 4) is 17.5 Å².